The van der Waals surface area contributed by atoms with Crippen LogP contribution in [0.3, 0.4) is 0 Å². The van der Waals surface area contributed by atoms with Crippen LogP contribution in [0.25, 0.3) is 0 Å². The summed E-state index contributed by atoms with van der Waals surface area (Å²) in [5.41, 5.74) is 2.43. The van der Waals surface area contributed by atoms with Crippen LogP contribution >= 0.6 is 0 Å². The molecule has 2 aliphatic heterocycles. The zero-order chi connectivity index (χ0) is 17.2. The maximum Gasteiger partial charge on any atom is 0.261 e. The summed E-state index contributed by atoms with van der Waals surface area (Å²) in [5, 5.41) is 0. The highest BCUT2D eigenvalue weighted by atomic mass is 16.2. The van der Waals surface area contributed by atoms with Crippen molar-refractivity contribution in [3.63, 3.8) is 0 Å². The Kier molecular flexibility index (Phi) is 4.36. The molecule has 4 heteroatoms. The van der Waals surface area contributed by atoms with E-state index in [1.807, 2.05) is 18.2 Å². The van der Waals surface area contributed by atoms with E-state index in [1.54, 1.807) is 12.1 Å². The number of carbonyl (C=O) groups excluding carboxylic acids is 2. The summed E-state index contributed by atoms with van der Waals surface area (Å²) in [6.45, 7) is 3.55. The van der Waals surface area contributed by atoms with Crippen molar-refractivity contribution < 1.29 is 9.59 Å². The third kappa shape index (κ3) is 3.22. The van der Waals surface area contributed by atoms with Crippen LogP contribution < -0.4 is 0 Å². The topological polar surface area (TPSA) is 40.6 Å². The average molecular weight is 334 g/mol. The second-order valence-corrected chi connectivity index (χ2v) is 6.97. The van der Waals surface area contributed by atoms with Gasteiger partial charge < -0.3 is 0 Å². The van der Waals surface area contributed by atoms with Gasteiger partial charge in [0, 0.05) is 13.1 Å². The van der Waals surface area contributed by atoms with Crippen LogP contribution in [0.1, 0.15) is 39.1 Å². The molecule has 2 aromatic rings. The van der Waals surface area contributed by atoms with Gasteiger partial charge in [0.2, 0.25) is 0 Å². The van der Waals surface area contributed by atoms with E-state index < -0.39 is 0 Å². The first kappa shape index (κ1) is 16.0. The summed E-state index contributed by atoms with van der Waals surface area (Å²) in [6, 6.07) is 17.6. The fourth-order valence-corrected chi connectivity index (χ4v) is 3.83. The summed E-state index contributed by atoms with van der Waals surface area (Å²) in [4.78, 5) is 28.9. The minimum atomic E-state index is -0.132. The molecule has 2 aromatic carbocycles. The Morgan fingerprint density at radius 1 is 0.800 bits per heavy atom. The van der Waals surface area contributed by atoms with Crippen LogP contribution in [0, 0.1) is 5.92 Å². The first-order valence-corrected chi connectivity index (χ1v) is 8.94. The van der Waals surface area contributed by atoms with Crippen LogP contribution in [0.5, 0.6) is 0 Å². The van der Waals surface area contributed by atoms with Crippen molar-refractivity contribution in [2.45, 2.75) is 19.4 Å². The maximum atomic E-state index is 12.5. The Morgan fingerprint density at radius 2 is 1.36 bits per heavy atom. The molecule has 2 amide bonds. The molecule has 4 nitrogen and oxygen atoms in total. The molecule has 4 rings (SSSR count). The van der Waals surface area contributed by atoms with E-state index in [2.05, 4.69) is 29.2 Å². The smallest absolute Gasteiger partial charge is 0.261 e. The number of rotatable bonds is 4. The Hall–Kier alpha value is -2.46. The molecule has 1 fully saturated rings. The molecule has 25 heavy (non-hydrogen) atoms. The lowest BCUT2D eigenvalue weighted by Crippen LogP contribution is -2.40. The average Bonchev–Trinajstić information content (AvgIpc) is 2.89. The molecule has 0 unspecified atom stereocenters. The SMILES string of the molecule is O=C1c2ccccc2C(=O)N1CC1CCN(Cc2ccccc2)CC1. The Bertz CT molecular complexity index is 744. The molecule has 0 spiro atoms. The molecule has 0 N–H and O–H groups in total. The van der Waals surface area contributed by atoms with Crippen molar-refractivity contribution in [1.29, 1.82) is 0 Å². The fourth-order valence-electron chi connectivity index (χ4n) is 3.83. The molecule has 1 saturated heterocycles. The largest absolute Gasteiger partial charge is 0.299 e. The molecule has 0 bridgehead atoms. The summed E-state index contributed by atoms with van der Waals surface area (Å²) in [6.07, 6.45) is 2.06. The van der Waals surface area contributed by atoms with E-state index in [0.717, 1.165) is 32.5 Å². The molecule has 0 aliphatic carbocycles. The highest BCUT2D eigenvalue weighted by Gasteiger charge is 2.36. The normalized spacial score (nSPS) is 18.6. The minimum absolute atomic E-state index is 0.132. The first-order chi connectivity index (χ1) is 12.2. The molecule has 2 aliphatic rings. The van der Waals surface area contributed by atoms with Crippen molar-refractivity contribution >= 4 is 11.8 Å². The number of hydrogen-bond donors (Lipinski definition) is 0. The number of imide groups is 1. The molecule has 0 atom stereocenters. The lowest BCUT2D eigenvalue weighted by molar-refractivity contribution is 0.0596. The number of benzene rings is 2. The summed E-state index contributed by atoms with van der Waals surface area (Å²) >= 11 is 0. The van der Waals surface area contributed by atoms with Gasteiger partial charge in [0.05, 0.1) is 11.1 Å². The number of nitrogens with zero attached hydrogens (tertiary/aromatic N) is 2. The molecule has 0 radical (unpaired) electrons. The van der Waals surface area contributed by atoms with Gasteiger partial charge in [0.1, 0.15) is 0 Å². The molecule has 128 valence electrons. The van der Waals surface area contributed by atoms with Gasteiger partial charge in [-0.2, -0.15) is 0 Å². The number of amides is 2. The zero-order valence-electron chi connectivity index (χ0n) is 14.2. The molecular formula is C21H22N2O2. The van der Waals surface area contributed by atoms with Gasteiger partial charge in [-0.1, -0.05) is 42.5 Å². The molecule has 0 aromatic heterocycles. The van der Waals surface area contributed by atoms with E-state index in [9.17, 15) is 9.59 Å². The number of hydrogen-bond acceptors (Lipinski definition) is 3. The summed E-state index contributed by atoms with van der Waals surface area (Å²) in [7, 11) is 0. The highest BCUT2D eigenvalue weighted by Crippen LogP contribution is 2.26. The van der Waals surface area contributed by atoms with Crippen LogP contribution in [0.15, 0.2) is 54.6 Å². The number of fused-ring (bicyclic) bond motifs is 1. The number of piperidine rings is 1. The Morgan fingerprint density at radius 3 is 1.96 bits per heavy atom. The maximum absolute atomic E-state index is 12.5. The third-order valence-corrected chi connectivity index (χ3v) is 5.28. The quantitative estimate of drug-likeness (QED) is 0.806. The van der Waals surface area contributed by atoms with E-state index in [1.165, 1.54) is 10.5 Å². The molecule has 2 heterocycles. The monoisotopic (exact) mass is 334 g/mol. The Labute approximate surface area is 148 Å². The first-order valence-electron chi connectivity index (χ1n) is 8.94. The van der Waals surface area contributed by atoms with Crippen LogP contribution in [-0.2, 0) is 6.54 Å². The van der Waals surface area contributed by atoms with Crippen molar-refractivity contribution in [2.75, 3.05) is 19.6 Å². The number of carbonyl (C=O) groups is 2. The second-order valence-electron chi connectivity index (χ2n) is 6.97. The van der Waals surface area contributed by atoms with Gasteiger partial charge >= 0.3 is 0 Å². The van der Waals surface area contributed by atoms with Crippen molar-refractivity contribution in [3.05, 3.63) is 71.3 Å². The van der Waals surface area contributed by atoms with Gasteiger partial charge in [-0.3, -0.25) is 19.4 Å². The fraction of sp³-hybridized carbons (Fsp3) is 0.333. The predicted octanol–water partition coefficient (Wildman–Crippen LogP) is 3.19. The van der Waals surface area contributed by atoms with E-state index in [-0.39, 0.29) is 11.8 Å². The van der Waals surface area contributed by atoms with Crippen LogP contribution in [0.2, 0.25) is 0 Å². The van der Waals surface area contributed by atoms with Gasteiger partial charge in [-0.15, -0.1) is 0 Å². The van der Waals surface area contributed by atoms with Crippen molar-refractivity contribution in [2.24, 2.45) is 5.92 Å². The number of likely N-dealkylation sites (tertiary alicyclic amines) is 1. The van der Waals surface area contributed by atoms with Crippen molar-refractivity contribution in [3.8, 4) is 0 Å². The minimum Gasteiger partial charge on any atom is -0.299 e. The molecular weight excluding hydrogens is 312 g/mol. The van der Waals surface area contributed by atoms with Gasteiger partial charge in [-0.25, -0.2) is 0 Å². The van der Waals surface area contributed by atoms with Crippen LogP contribution in [-0.4, -0.2) is 41.2 Å². The summed E-state index contributed by atoms with van der Waals surface area (Å²) < 4.78 is 0. The third-order valence-electron chi connectivity index (χ3n) is 5.28. The van der Waals surface area contributed by atoms with E-state index in [4.69, 9.17) is 0 Å². The second kappa shape index (κ2) is 6.81. The lowest BCUT2D eigenvalue weighted by Gasteiger charge is -2.33. The van der Waals surface area contributed by atoms with Gasteiger partial charge in [-0.05, 0) is 49.5 Å². The van der Waals surface area contributed by atoms with Crippen molar-refractivity contribution in [1.82, 2.24) is 9.80 Å². The van der Waals surface area contributed by atoms with E-state index >= 15 is 0 Å². The highest BCUT2D eigenvalue weighted by molar-refractivity contribution is 6.21. The zero-order valence-corrected chi connectivity index (χ0v) is 14.2. The molecule has 0 saturated carbocycles. The Balaban J connectivity index is 1.34. The summed E-state index contributed by atoms with van der Waals surface area (Å²) in [5.74, 6) is 0.133. The van der Waals surface area contributed by atoms with E-state index in [0.29, 0.717) is 23.6 Å². The van der Waals surface area contributed by atoms with Crippen LogP contribution in [0.4, 0.5) is 0 Å². The van der Waals surface area contributed by atoms with Gasteiger partial charge in [0.25, 0.3) is 11.8 Å². The predicted molar refractivity (Wildman–Crippen MR) is 96.3 cm³/mol. The standard InChI is InChI=1S/C21H22N2O2/c24-20-18-8-4-5-9-19(18)21(25)23(20)15-17-10-12-22(13-11-17)14-16-6-2-1-3-7-16/h1-9,17H,10-15H2. The lowest BCUT2D eigenvalue weighted by atomic mass is 9.96. The van der Waals surface area contributed by atoms with Gasteiger partial charge in [0.15, 0.2) is 0 Å².